The van der Waals surface area contributed by atoms with Crippen molar-refractivity contribution in [3.8, 4) is 0 Å². The Morgan fingerprint density at radius 2 is 1.67 bits per heavy atom. The number of benzene rings is 1. The molecule has 0 unspecified atom stereocenters. The highest BCUT2D eigenvalue weighted by atomic mass is 16.5. The van der Waals surface area contributed by atoms with Crippen LogP contribution >= 0.6 is 0 Å². The molecule has 1 aromatic carbocycles. The second kappa shape index (κ2) is 13.9. The summed E-state index contributed by atoms with van der Waals surface area (Å²) >= 11 is 0. The first-order valence-electron chi connectivity index (χ1n) is 14.6. The number of methoxy groups -OCH3 is 1. The summed E-state index contributed by atoms with van der Waals surface area (Å²) in [5.74, 6) is 0.455. The maximum Gasteiger partial charge on any atom is 0.321 e. The fourth-order valence-electron chi connectivity index (χ4n) is 6.47. The molecule has 218 valence electrons. The first-order chi connectivity index (χ1) is 18.9. The predicted molar refractivity (Wildman–Crippen MR) is 151 cm³/mol. The van der Waals surface area contributed by atoms with Gasteiger partial charge in [0.25, 0.3) is 0 Å². The van der Waals surface area contributed by atoms with E-state index in [1.54, 1.807) is 12.0 Å². The zero-order valence-electron chi connectivity index (χ0n) is 24.2. The number of amides is 3. The molecule has 3 aliphatic rings. The van der Waals surface area contributed by atoms with Gasteiger partial charge in [-0.1, -0.05) is 36.8 Å². The van der Waals surface area contributed by atoms with Crippen molar-refractivity contribution in [2.24, 2.45) is 5.92 Å². The van der Waals surface area contributed by atoms with Crippen molar-refractivity contribution in [2.45, 2.75) is 56.0 Å². The monoisotopic (exact) mass is 544 g/mol. The highest BCUT2D eigenvalue weighted by Gasteiger charge is 2.55. The van der Waals surface area contributed by atoms with Gasteiger partial charge in [0.2, 0.25) is 5.91 Å². The van der Waals surface area contributed by atoms with E-state index in [4.69, 9.17) is 14.2 Å². The lowest BCUT2D eigenvalue weighted by atomic mass is 9.68. The lowest BCUT2D eigenvalue weighted by Crippen LogP contribution is -2.56. The Balaban J connectivity index is 1.32. The number of carbonyl (C=O) groups is 2. The minimum absolute atomic E-state index is 0.0265. The zero-order chi connectivity index (χ0) is 27.7. The lowest BCUT2D eigenvalue weighted by molar-refractivity contribution is -0.121. The van der Waals surface area contributed by atoms with Gasteiger partial charge in [-0.2, -0.15) is 0 Å². The van der Waals surface area contributed by atoms with E-state index in [1.807, 2.05) is 0 Å². The molecule has 1 aromatic rings. The molecule has 1 spiro atoms. The van der Waals surface area contributed by atoms with Crippen LogP contribution in [0.25, 0.3) is 0 Å². The first-order valence-corrected chi connectivity index (χ1v) is 14.6. The fraction of sp³-hybridized carbons (Fsp3) is 0.733. The first kappa shape index (κ1) is 29.8. The Morgan fingerprint density at radius 1 is 1.00 bits per heavy atom. The van der Waals surface area contributed by atoms with E-state index in [9.17, 15) is 9.59 Å². The van der Waals surface area contributed by atoms with Crippen molar-refractivity contribution in [3.05, 3.63) is 35.9 Å². The van der Waals surface area contributed by atoms with Crippen LogP contribution in [0, 0.1) is 5.92 Å². The van der Waals surface area contributed by atoms with Crippen molar-refractivity contribution >= 4 is 11.9 Å². The molecular formula is C30H48N4O5. The molecule has 2 saturated carbocycles. The Labute approximate surface area is 234 Å². The summed E-state index contributed by atoms with van der Waals surface area (Å²) in [5.41, 5.74) is 1.12. The second-order valence-corrected chi connectivity index (χ2v) is 11.6. The number of ether oxygens (including phenoxy) is 3. The van der Waals surface area contributed by atoms with Gasteiger partial charge in [-0.25, -0.2) is 4.79 Å². The van der Waals surface area contributed by atoms with Crippen LogP contribution in [-0.2, 0) is 24.5 Å². The Kier molecular flexibility index (Phi) is 10.6. The zero-order valence-corrected chi connectivity index (χ0v) is 24.2. The lowest BCUT2D eigenvalue weighted by Gasteiger charge is -2.51. The van der Waals surface area contributed by atoms with Gasteiger partial charge in [0.15, 0.2) is 0 Å². The number of nitrogens with one attached hydrogen (secondary N) is 1. The standard InChI is InChI=1S/C30H48N4O5/c1-32(2)30(26-10-5-4-6-11-26)14-12-29(13-15-30)24-33(28(36)34(29)22-25-8-7-9-25)23-27(35)31-16-17-38-20-21-39-19-18-37-3/h4-6,10-11,25H,7-9,12-24H2,1-3H3,(H,31,35)/t29-,30-. The molecule has 1 aliphatic heterocycles. The number of hydrogen-bond donors (Lipinski definition) is 1. The van der Waals surface area contributed by atoms with E-state index < -0.39 is 0 Å². The minimum Gasteiger partial charge on any atom is -0.382 e. The summed E-state index contributed by atoms with van der Waals surface area (Å²) in [6.07, 6.45) is 7.52. The number of hydrogen-bond acceptors (Lipinski definition) is 6. The third-order valence-electron chi connectivity index (χ3n) is 9.11. The summed E-state index contributed by atoms with van der Waals surface area (Å²) in [5, 5.41) is 2.92. The van der Waals surface area contributed by atoms with Gasteiger partial charge in [-0.05, 0) is 64.1 Å². The van der Waals surface area contributed by atoms with E-state index in [0.717, 1.165) is 32.2 Å². The van der Waals surface area contributed by atoms with Crippen LogP contribution in [0.5, 0.6) is 0 Å². The number of urea groups is 1. The van der Waals surface area contributed by atoms with Gasteiger partial charge in [0.05, 0.1) is 38.6 Å². The molecule has 4 rings (SSSR count). The highest BCUT2D eigenvalue weighted by Crippen LogP contribution is 2.49. The molecule has 0 aromatic heterocycles. The van der Waals surface area contributed by atoms with Crippen LogP contribution in [-0.4, -0.2) is 113 Å². The third-order valence-corrected chi connectivity index (χ3v) is 9.11. The molecule has 1 heterocycles. The van der Waals surface area contributed by atoms with E-state index >= 15 is 0 Å². The molecular weight excluding hydrogens is 496 g/mol. The molecule has 2 aliphatic carbocycles. The van der Waals surface area contributed by atoms with E-state index in [1.165, 1.54) is 24.8 Å². The molecule has 0 radical (unpaired) electrons. The van der Waals surface area contributed by atoms with E-state index in [0.29, 0.717) is 52.0 Å². The van der Waals surface area contributed by atoms with Crippen molar-refractivity contribution < 1.29 is 23.8 Å². The number of nitrogens with zero attached hydrogens (tertiary/aromatic N) is 3. The largest absolute Gasteiger partial charge is 0.382 e. The third kappa shape index (κ3) is 7.12. The van der Waals surface area contributed by atoms with Crippen LogP contribution in [0.3, 0.4) is 0 Å². The van der Waals surface area contributed by atoms with Crippen molar-refractivity contribution in [2.75, 3.05) is 80.4 Å². The summed E-state index contributed by atoms with van der Waals surface area (Å²) < 4.78 is 15.8. The van der Waals surface area contributed by atoms with Gasteiger partial charge in [-0.3, -0.25) is 9.69 Å². The molecule has 3 amide bonds. The van der Waals surface area contributed by atoms with Crippen molar-refractivity contribution in [1.29, 1.82) is 0 Å². The van der Waals surface area contributed by atoms with Crippen molar-refractivity contribution in [3.63, 3.8) is 0 Å². The molecule has 1 saturated heterocycles. The molecule has 0 bridgehead atoms. The minimum atomic E-state index is -0.201. The normalized spacial score (nSPS) is 25.5. The highest BCUT2D eigenvalue weighted by molar-refractivity contribution is 5.86. The van der Waals surface area contributed by atoms with Crippen LogP contribution in [0.4, 0.5) is 4.79 Å². The summed E-state index contributed by atoms with van der Waals surface area (Å²) in [6, 6.07) is 10.8. The smallest absolute Gasteiger partial charge is 0.321 e. The van der Waals surface area contributed by atoms with Crippen LogP contribution in [0.15, 0.2) is 30.3 Å². The van der Waals surface area contributed by atoms with Crippen LogP contribution in [0.2, 0.25) is 0 Å². The summed E-state index contributed by atoms with van der Waals surface area (Å²) in [4.78, 5) is 32.8. The van der Waals surface area contributed by atoms with E-state index in [-0.39, 0.29) is 29.6 Å². The Bertz CT molecular complexity index is 915. The maximum absolute atomic E-state index is 13.7. The topological polar surface area (TPSA) is 83.6 Å². The fourth-order valence-corrected chi connectivity index (χ4v) is 6.47. The summed E-state index contributed by atoms with van der Waals surface area (Å²) in [6.45, 7) is 4.44. The quantitative estimate of drug-likeness (QED) is 0.342. The molecule has 39 heavy (non-hydrogen) atoms. The van der Waals surface area contributed by atoms with Crippen LogP contribution in [0.1, 0.15) is 50.5 Å². The van der Waals surface area contributed by atoms with Gasteiger partial charge in [-0.15, -0.1) is 0 Å². The van der Waals surface area contributed by atoms with E-state index in [2.05, 4.69) is 59.5 Å². The second-order valence-electron chi connectivity index (χ2n) is 11.6. The number of carbonyl (C=O) groups excluding carboxylic acids is 2. The molecule has 1 N–H and O–H groups in total. The molecule has 9 nitrogen and oxygen atoms in total. The molecule has 9 heteroatoms. The Morgan fingerprint density at radius 3 is 2.28 bits per heavy atom. The van der Waals surface area contributed by atoms with Gasteiger partial charge < -0.3 is 29.3 Å². The number of rotatable bonds is 15. The molecule has 0 atom stereocenters. The summed E-state index contributed by atoms with van der Waals surface area (Å²) in [7, 11) is 5.98. The SMILES string of the molecule is COCCOCCOCCNC(=O)CN1C[C@]2(CC[C@@](c3ccccc3)(N(C)C)CC2)N(CC2CCC2)C1=O. The predicted octanol–water partition coefficient (Wildman–Crippen LogP) is 3.09. The Hall–Kier alpha value is -2.20. The average Bonchev–Trinajstić information content (AvgIpc) is 3.15. The maximum atomic E-state index is 13.7. The molecule has 3 fully saturated rings. The van der Waals surface area contributed by atoms with Gasteiger partial charge in [0, 0.05) is 32.3 Å². The average molecular weight is 545 g/mol. The van der Waals surface area contributed by atoms with Gasteiger partial charge in [0.1, 0.15) is 6.54 Å². The van der Waals surface area contributed by atoms with Gasteiger partial charge >= 0.3 is 6.03 Å². The van der Waals surface area contributed by atoms with Crippen LogP contribution < -0.4 is 5.32 Å². The van der Waals surface area contributed by atoms with Crippen molar-refractivity contribution in [1.82, 2.24) is 20.0 Å².